The van der Waals surface area contributed by atoms with Crippen LogP contribution >= 0.6 is 0 Å². The number of hydrogen-bond acceptors (Lipinski definition) is 4. The highest BCUT2D eigenvalue weighted by Crippen LogP contribution is 2.22. The summed E-state index contributed by atoms with van der Waals surface area (Å²) in [6.07, 6.45) is 0. The second-order valence-corrected chi connectivity index (χ2v) is 4.96. The van der Waals surface area contributed by atoms with Crippen molar-refractivity contribution in [1.29, 1.82) is 0 Å². The molecule has 0 spiro atoms. The topological polar surface area (TPSA) is 77.0 Å². The molecule has 106 valence electrons. The molecule has 1 heterocycles. The molecule has 6 nitrogen and oxygen atoms in total. The summed E-state index contributed by atoms with van der Waals surface area (Å²) in [5.41, 5.74) is 9.49. The fraction of sp³-hybridized carbons (Fsp3) is 0.133. The lowest BCUT2D eigenvalue weighted by Gasteiger charge is -2.12. The Balaban J connectivity index is 2.10. The smallest absolute Gasteiger partial charge is 0.253 e. The Morgan fingerprint density at radius 2 is 1.95 bits per heavy atom. The molecule has 0 saturated heterocycles. The average molecular weight is 281 g/mol. The van der Waals surface area contributed by atoms with E-state index < -0.39 is 0 Å². The summed E-state index contributed by atoms with van der Waals surface area (Å²) >= 11 is 0. The number of para-hydroxylation sites is 1. The Hall–Kier alpha value is -2.89. The summed E-state index contributed by atoms with van der Waals surface area (Å²) in [5.74, 6) is -0.0864. The predicted octanol–water partition coefficient (Wildman–Crippen LogP) is 1.70. The molecule has 0 bridgehead atoms. The fourth-order valence-corrected chi connectivity index (χ4v) is 2.19. The number of anilines is 1. The van der Waals surface area contributed by atoms with Gasteiger partial charge in [-0.2, -0.15) is 0 Å². The van der Waals surface area contributed by atoms with E-state index in [1.807, 2.05) is 24.3 Å². The van der Waals surface area contributed by atoms with Gasteiger partial charge in [-0.1, -0.05) is 17.3 Å². The van der Waals surface area contributed by atoms with E-state index in [1.165, 1.54) is 4.90 Å². The number of rotatable bonds is 2. The first-order valence-corrected chi connectivity index (χ1v) is 6.50. The first-order valence-electron chi connectivity index (χ1n) is 6.50. The summed E-state index contributed by atoms with van der Waals surface area (Å²) in [6.45, 7) is 0. The SMILES string of the molecule is CN(C)C(=O)c1ccc(-n2nnc3ccccc32)c(N)c1. The highest BCUT2D eigenvalue weighted by molar-refractivity contribution is 5.95. The second kappa shape index (κ2) is 4.90. The van der Waals surface area contributed by atoms with Crippen molar-refractivity contribution in [3.8, 4) is 5.69 Å². The molecule has 3 rings (SSSR count). The van der Waals surface area contributed by atoms with E-state index in [0.29, 0.717) is 16.9 Å². The molecular formula is C15H15N5O. The zero-order chi connectivity index (χ0) is 15.0. The second-order valence-electron chi connectivity index (χ2n) is 4.96. The van der Waals surface area contributed by atoms with Crippen molar-refractivity contribution in [2.75, 3.05) is 19.8 Å². The van der Waals surface area contributed by atoms with Crippen LogP contribution < -0.4 is 5.73 Å². The van der Waals surface area contributed by atoms with Crippen molar-refractivity contribution in [3.63, 3.8) is 0 Å². The van der Waals surface area contributed by atoms with Crippen molar-refractivity contribution in [2.24, 2.45) is 0 Å². The van der Waals surface area contributed by atoms with Gasteiger partial charge in [-0.05, 0) is 30.3 Å². The molecule has 0 saturated carbocycles. The van der Waals surface area contributed by atoms with Gasteiger partial charge in [0, 0.05) is 19.7 Å². The van der Waals surface area contributed by atoms with Crippen LogP contribution in [0.25, 0.3) is 16.7 Å². The van der Waals surface area contributed by atoms with Crippen molar-refractivity contribution in [2.45, 2.75) is 0 Å². The molecule has 1 amide bonds. The molecule has 0 fully saturated rings. The van der Waals surface area contributed by atoms with E-state index in [4.69, 9.17) is 5.73 Å². The van der Waals surface area contributed by atoms with Gasteiger partial charge >= 0.3 is 0 Å². The summed E-state index contributed by atoms with van der Waals surface area (Å²) in [5, 5.41) is 8.23. The van der Waals surface area contributed by atoms with E-state index in [2.05, 4.69) is 10.3 Å². The van der Waals surface area contributed by atoms with Gasteiger partial charge < -0.3 is 10.6 Å². The molecule has 1 aromatic heterocycles. The Morgan fingerprint density at radius 1 is 1.19 bits per heavy atom. The first kappa shape index (κ1) is 13.1. The quantitative estimate of drug-likeness (QED) is 0.725. The standard InChI is InChI=1S/C15H15N5O/c1-19(2)15(21)10-7-8-13(11(16)9-10)20-14-6-4-3-5-12(14)17-18-20/h3-9H,16H2,1-2H3. The number of benzene rings is 2. The normalized spacial score (nSPS) is 10.8. The Bertz CT molecular complexity index is 822. The predicted molar refractivity (Wildman–Crippen MR) is 81.3 cm³/mol. The van der Waals surface area contributed by atoms with Crippen LogP contribution in [0.3, 0.4) is 0 Å². The number of nitrogen functional groups attached to an aromatic ring is 1. The van der Waals surface area contributed by atoms with Crippen LogP contribution in [0.5, 0.6) is 0 Å². The van der Waals surface area contributed by atoms with Crippen LogP contribution in [0.1, 0.15) is 10.4 Å². The molecule has 6 heteroatoms. The molecule has 0 atom stereocenters. The van der Waals surface area contributed by atoms with Crippen LogP contribution in [0.2, 0.25) is 0 Å². The number of carbonyl (C=O) groups excluding carboxylic acids is 1. The maximum atomic E-state index is 11.9. The van der Waals surface area contributed by atoms with Gasteiger partial charge in [0.1, 0.15) is 5.52 Å². The number of hydrogen-bond donors (Lipinski definition) is 1. The molecule has 0 radical (unpaired) electrons. The van der Waals surface area contributed by atoms with Crippen LogP contribution in [-0.2, 0) is 0 Å². The molecule has 3 aromatic rings. The number of carbonyl (C=O) groups is 1. The van der Waals surface area contributed by atoms with Crippen LogP contribution in [0, 0.1) is 0 Å². The third-order valence-corrected chi connectivity index (χ3v) is 3.26. The Kier molecular flexibility index (Phi) is 3.06. The number of nitrogens with two attached hydrogens (primary N) is 1. The number of amides is 1. The van der Waals surface area contributed by atoms with Crippen LogP contribution in [-0.4, -0.2) is 39.9 Å². The molecule has 0 unspecified atom stereocenters. The summed E-state index contributed by atoms with van der Waals surface area (Å²) in [4.78, 5) is 13.5. The number of nitrogens with zero attached hydrogens (tertiary/aromatic N) is 4. The zero-order valence-electron chi connectivity index (χ0n) is 11.8. The number of fused-ring (bicyclic) bond motifs is 1. The average Bonchev–Trinajstić information content (AvgIpc) is 2.90. The van der Waals surface area contributed by atoms with E-state index in [-0.39, 0.29) is 5.91 Å². The van der Waals surface area contributed by atoms with Gasteiger partial charge in [0.05, 0.1) is 16.9 Å². The summed E-state index contributed by atoms with van der Waals surface area (Å²) < 4.78 is 1.68. The maximum absolute atomic E-state index is 11.9. The van der Waals surface area contributed by atoms with Crippen molar-refractivity contribution < 1.29 is 4.79 Å². The molecule has 0 aliphatic heterocycles. The first-order chi connectivity index (χ1) is 10.1. The van der Waals surface area contributed by atoms with E-state index in [1.54, 1.807) is 37.0 Å². The maximum Gasteiger partial charge on any atom is 0.253 e. The lowest BCUT2D eigenvalue weighted by atomic mass is 10.1. The summed E-state index contributed by atoms with van der Waals surface area (Å²) in [7, 11) is 3.41. The molecule has 0 aliphatic rings. The van der Waals surface area contributed by atoms with Gasteiger partial charge in [0.15, 0.2) is 0 Å². The number of aromatic nitrogens is 3. The minimum atomic E-state index is -0.0864. The van der Waals surface area contributed by atoms with Gasteiger partial charge in [-0.3, -0.25) is 4.79 Å². The monoisotopic (exact) mass is 281 g/mol. The lowest BCUT2D eigenvalue weighted by molar-refractivity contribution is 0.0827. The van der Waals surface area contributed by atoms with Gasteiger partial charge in [0.25, 0.3) is 5.91 Å². The molecule has 21 heavy (non-hydrogen) atoms. The van der Waals surface area contributed by atoms with Crippen molar-refractivity contribution in [3.05, 3.63) is 48.0 Å². The van der Waals surface area contributed by atoms with Crippen LogP contribution in [0.4, 0.5) is 5.69 Å². The van der Waals surface area contributed by atoms with Crippen molar-refractivity contribution >= 4 is 22.6 Å². The van der Waals surface area contributed by atoms with E-state index >= 15 is 0 Å². The largest absolute Gasteiger partial charge is 0.397 e. The minimum absolute atomic E-state index is 0.0864. The highest BCUT2D eigenvalue weighted by Gasteiger charge is 2.13. The van der Waals surface area contributed by atoms with Gasteiger partial charge in [0.2, 0.25) is 0 Å². The van der Waals surface area contributed by atoms with E-state index in [9.17, 15) is 4.79 Å². The van der Waals surface area contributed by atoms with Gasteiger partial charge in [-0.15, -0.1) is 5.10 Å². The third-order valence-electron chi connectivity index (χ3n) is 3.26. The fourth-order valence-electron chi connectivity index (χ4n) is 2.19. The third kappa shape index (κ3) is 2.20. The molecule has 2 aromatic carbocycles. The Morgan fingerprint density at radius 3 is 2.67 bits per heavy atom. The van der Waals surface area contributed by atoms with Crippen molar-refractivity contribution in [1.82, 2.24) is 19.9 Å². The highest BCUT2D eigenvalue weighted by atomic mass is 16.2. The molecular weight excluding hydrogens is 266 g/mol. The minimum Gasteiger partial charge on any atom is -0.397 e. The van der Waals surface area contributed by atoms with E-state index in [0.717, 1.165) is 11.0 Å². The lowest BCUT2D eigenvalue weighted by Crippen LogP contribution is -2.21. The molecule has 2 N–H and O–H groups in total. The Labute approximate surface area is 121 Å². The van der Waals surface area contributed by atoms with Crippen LogP contribution in [0.15, 0.2) is 42.5 Å². The molecule has 0 aliphatic carbocycles. The zero-order valence-corrected chi connectivity index (χ0v) is 11.8. The summed E-state index contributed by atoms with van der Waals surface area (Å²) in [6, 6.07) is 12.8. The van der Waals surface area contributed by atoms with Gasteiger partial charge in [-0.25, -0.2) is 4.68 Å².